The molecule has 10 heteroatoms. The summed E-state index contributed by atoms with van der Waals surface area (Å²) in [5.41, 5.74) is 4.98. The summed E-state index contributed by atoms with van der Waals surface area (Å²) in [4.78, 5) is 14.1. The Kier molecular flexibility index (Phi) is 7.87. The lowest BCUT2D eigenvalue weighted by molar-refractivity contribution is 0.147. The Morgan fingerprint density at radius 2 is 1.89 bits per heavy atom. The molecular formula is C27H28Cl2N8. The number of benzene rings is 1. The Morgan fingerprint density at radius 3 is 2.62 bits per heavy atom. The van der Waals surface area contributed by atoms with Gasteiger partial charge in [0.05, 0.1) is 28.2 Å². The van der Waals surface area contributed by atoms with Gasteiger partial charge in [-0.3, -0.25) is 9.88 Å². The molecule has 190 valence electrons. The molecule has 4 heterocycles. The largest absolute Gasteiger partial charge is 0.368 e. The topological polar surface area (TPSA) is 85.4 Å². The third-order valence-corrected chi connectivity index (χ3v) is 7.10. The Labute approximate surface area is 226 Å². The lowest BCUT2D eigenvalue weighted by Gasteiger charge is -2.31. The minimum atomic E-state index is 0.544. The maximum absolute atomic E-state index is 8.96. The molecule has 4 aromatic rings. The summed E-state index contributed by atoms with van der Waals surface area (Å²) in [6, 6.07) is 13.3. The van der Waals surface area contributed by atoms with Gasteiger partial charge in [-0.1, -0.05) is 23.2 Å². The second-order valence-electron chi connectivity index (χ2n) is 9.32. The summed E-state index contributed by atoms with van der Waals surface area (Å²) in [7, 11) is 2.16. The average molecular weight is 535 g/mol. The van der Waals surface area contributed by atoms with Crippen LogP contribution in [0.5, 0.6) is 0 Å². The van der Waals surface area contributed by atoms with Crippen LogP contribution in [0.1, 0.15) is 23.4 Å². The highest BCUT2D eigenvalue weighted by Crippen LogP contribution is 2.31. The molecule has 1 aliphatic rings. The summed E-state index contributed by atoms with van der Waals surface area (Å²) in [5, 5.41) is 18.5. The number of hydrogen-bond acceptors (Lipinski definition) is 7. The molecule has 1 fully saturated rings. The Bertz CT molecular complexity index is 1420. The van der Waals surface area contributed by atoms with Crippen molar-refractivity contribution in [1.82, 2.24) is 29.4 Å². The van der Waals surface area contributed by atoms with E-state index >= 15 is 0 Å². The first-order chi connectivity index (χ1) is 18.0. The molecule has 8 nitrogen and oxygen atoms in total. The third kappa shape index (κ3) is 6.20. The fourth-order valence-corrected chi connectivity index (χ4v) is 4.93. The number of pyridine rings is 1. The number of halogens is 2. The zero-order chi connectivity index (χ0) is 25.8. The number of piperazine rings is 1. The van der Waals surface area contributed by atoms with Crippen molar-refractivity contribution in [3.63, 3.8) is 0 Å². The molecule has 5 rings (SSSR count). The first kappa shape index (κ1) is 25.4. The van der Waals surface area contributed by atoms with E-state index in [0.717, 1.165) is 79.5 Å². The number of likely N-dealkylation sites (N-methyl/N-ethyl adjacent to an activating group) is 1. The SMILES string of the molecule is CN1CCN(Cc2cc3c(NCCCc4ccc(C#N)cn4)nc(-c4ccc(Cl)cc4Cl)cn3n2)CC1. The summed E-state index contributed by atoms with van der Waals surface area (Å²) in [6.45, 7) is 5.70. The molecular weight excluding hydrogens is 507 g/mol. The van der Waals surface area contributed by atoms with Crippen LogP contribution in [-0.2, 0) is 13.0 Å². The van der Waals surface area contributed by atoms with Crippen molar-refractivity contribution in [3.05, 3.63) is 75.8 Å². The van der Waals surface area contributed by atoms with Gasteiger partial charge in [0.25, 0.3) is 0 Å². The number of nitrogens with one attached hydrogen (secondary N) is 1. The molecule has 0 atom stereocenters. The van der Waals surface area contributed by atoms with Crippen LogP contribution < -0.4 is 5.32 Å². The van der Waals surface area contributed by atoms with Crippen LogP contribution >= 0.6 is 23.2 Å². The van der Waals surface area contributed by atoms with Gasteiger partial charge in [0.1, 0.15) is 11.6 Å². The van der Waals surface area contributed by atoms with Gasteiger partial charge in [-0.05, 0) is 56.3 Å². The molecule has 0 amide bonds. The number of fused-ring (bicyclic) bond motifs is 1. The van der Waals surface area contributed by atoms with Crippen molar-refractivity contribution in [2.24, 2.45) is 0 Å². The Hall–Kier alpha value is -3.22. The molecule has 1 N–H and O–H groups in total. The van der Waals surface area contributed by atoms with Crippen molar-refractivity contribution < 1.29 is 0 Å². The summed E-state index contributed by atoms with van der Waals surface area (Å²) in [5.74, 6) is 0.758. The second kappa shape index (κ2) is 11.4. The first-order valence-electron chi connectivity index (χ1n) is 12.3. The molecule has 0 unspecified atom stereocenters. The second-order valence-corrected chi connectivity index (χ2v) is 10.2. The third-order valence-electron chi connectivity index (χ3n) is 6.55. The quantitative estimate of drug-likeness (QED) is 0.326. The van der Waals surface area contributed by atoms with E-state index in [1.165, 1.54) is 0 Å². The van der Waals surface area contributed by atoms with E-state index in [4.69, 9.17) is 38.5 Å². The minimum Gasteiger partial charge on any atom is -0.368 e. The predicted molar refractivity (Wildman–Crippen MR) is 147 cm³/mol. The van der Waals surface area contributed by atoms with Crippen LogP contribution in [0.15, 0.2) is 48.8 Å². The van der Waals surface area contributed by atoms with E-state index < -0.39 is 0 Å². The molecule has 1 saturated heterocycles. The zero-order valence-corrected chi connectivity index (χ0v) is 22.2. The summed E-state index contributed by atoms with van der Waals surface area (Å²) in [6.07, 6.45) is 5.19. The number of rotatable bonds is 8. The van der Waals surface area contributed by atoms with Gasteiger partial charge in [0.15, 0.2) is 5.82 Å². The molecule has 0 bridgehead atoms. The molecule has 1 aliphatic heterocycles. The predicted octanol–water partition coefficient (Wildman–Crippen LogP) is 4.76. The van der Waals surface area contributed by atoms with Gasteiger partial charge in [0, 0.05) is 61.7 Å². The molecule has 37 heavy (non-hydrogen) atoms. The van der Waals surface area contributed by atoms with Gasteiger partial charge >= 0.3 is 0 Å². The van der Waals surface area contributed by atoms with Gasteiger partial charge in [-0.15, -0.1) is 0 Å². The average Bonchev–Trinajstić information content (AvgIpc) is 3.30. The van der Waals surface area contributed by atoms with Gasteiger partial charge in [0.2, 0.25) is 0 Å². The van der Waals surface area contributed by atoms with Crippen LogP contribution in [-0.4, -0.2) is 69.2 Å². The van der Waals surface area contributed by atoms with Crippen molar-refractivity contribution in [2.45, 2.75) is 19.4 Å². The van der Waals surface area contributed by atoms with E-state index in [1.54, 1.807) is 18.3 Å². The standard InChI is InChI=1S/C27H28Cl2N8/c1-35-9-11-36(12-10-35)17-22-14-26-27(31-8-2-3-21-6-4-19(15-30)16-32-21)33-25(18-37(26)34-22)23-7-5-20(28)13-24(23)29/h4-7,13-14,16,18H,2-3,8-12,17H2,1H3,(H,31,33). The van der Waals surface area contributed by atoms with Gasteiger partial charge in [-0.25, -0.2) is 9.50 Å². The number of hydrogen-bond donors (Lipinski definition) is 1. The van der Waals surface area contributed by atoms with E-state index in [0.29, 0.717) is 22.2 Å². The van der Waals surface area contributed by atoms with Gasteiger partial charge < -0.3 is 10.2 Å². The Morgan fingerprint density at radius 1 is 1.05 bits per heavy atom. The van der Waals surface area contributed by atoms with Crippen LogP contribution in [0.3, 0.4) is 0 Å². The number of aryl methyl sites for hydroxylation is 1. The number of aromatic nitrogens is 4. The highest BCUT2D eigenvalue weighted by atomic mass is 35.5. The van der Waals surface area contributed by atoms with E-state index in [1.807, 2.05) is 28.9 Å². The van der Waals surface area contributed by atoms with Crippen molar-refractivity contribution in [2.75, 3.05) is 45.1 Å². The smallest absolute Gasteiger partial charge is 0.152 e. The summed E-state index contributed by atoms with van der Waals surface area (Å²) < 4.78 is 1.89. The lowest BCUT2D eigenvalue weighted by atomic mass is 10.1. The van der Waals surface area contributed by atoms with Crippen LogP contribution in [0.4, 0.5) is 5.82 Å². The fourth-order valence-electron chi connectivity index (χ4n) is 4.43. The number of anilines is 1. The summed E-state index contributed by atoms with van der Waals surface area (Å²) >= 11 is 12.6. The van der Waals surface area contributed by atoms with E-state index in [-0.39, 0.29) is 0 Å². The molecule has 1 aromatic carbocycles. The highest BCUT2D eigenvalue weighted by Gasteiger charge is 2.18. The maximum atomic E-state index is 8.96. The molecule has 0 spiro atoms. The molecule has 0 radical (unpaired) electrons. The Balaban J connectivity index is 1.37. The minimum absolute atomic E-state index is 0.544. The molecule has 3 aromatic heterocycles. The van der Waals surface area contributed by atoms with E-state index in [9.17, 15) is 0 Å². The zero-order valence-electron chi connectivity index (χ0n) is 20.7. The highest BCUT2D eigenvalue weighted by molar-refractivity contribution is 6.36. The van der Waals surface area contributed by atoms with Crippen molar-refractivity contribution in [3.8, 4) is 17.3 Å². The van der Waals surface area contributed by atoms with E-state index in [2.05, 4.69) is 39.3 Å². The van der Waals surface area contributed by atoms with Crippen LogP contribution in [0, 0.1) is 11.3 Å². The molecule has 0 aliphatic carbocycles. The van der Waals surface area contributed by atoms with Crippen molar-refractivity contribution >= 4 is 34.5 Å². The van der Waals surface area contributed by atoms with Gasteiger partial charge in [-0.2, -0.15) is 10.4 Å². The number of nitriles is 1. The lowest BCUT2D eigenvalue weighted by Crippen LogP contribution is -2.43. The number of nitrogens with zero attached hydrogens (tertiary/aromatic N) is 7. The normalized spacial score (nSPS) is 14.6. The van der Waals surface area contributed by atoms with Crippen LogP contribution in [0.2, 0.25) is 10.0 Å². The van der Waals surface area contributed by atoms with Crippen LogP contribution in [0.25, 0.3) is 16.8 Å². The molecule has 0 saturated carbocycles. The monoisotopic (exact) mass is 534 g/mol. The van der Waals surface area contributed by atoms with Crippen molar-refractivity contribution in [1.29, 1.82) is 5.26 Å². The first-order valence-corrected chi connectivity index (χ1v) is 13.1. The fraction of sp³-hybridized carbons (Fsp3) is 0.333. The maximum Gasteiger partial charge on any atom is 0.152 e.